The first kappa shape index (κ1) is 19.2. The smallest absolute Gasteiger partial charge is 0.251 e. The van der Waals surface area contributed by atoms with Crippen molar-refractivity contribution in [3.63, 3.8) is 0 Å². The van der Waals surface area contributed by atoms with E-state index < -0.39 is 0 Å². The monoisotopic (exact) mass is 402 g/mol. The molecule has 0 aliphatic carbocycles. The van der Waals surface area contributed by atoms with Gasteiger partial charge in [-0.05, 0) is 63.6 Å². The van der Waals surface area contributed by atoms with E-state index in [0.717, 1.165) is 10.0 Å². The largest absolute Gasteiger partial charge is 0.347 e. The van der Waals surface area contributed by atoms with E-state index in [1.54, 1.807) is 24.3 Å². The molecule has 0 spiro atoms. The van der Waals surface area contributed by atoms with Crippen molar-refractivity contribution in [2.24, 2.45) is 0 Å². The van der Waals surface area contributed by atoms with Crippen LogP contribution in [0, 0.1) is 0 Å². The van der Waals surface area contributed by atoms with Crippen LogP contribution in [-0.2, 0) is 0 Å². The van der Waals surface area contributed by atoms with E-state index in [2.05, 4.69) is 26.6 Å². The molecule has 2 N–H and O–H groups in total. The third kappa shape index (κ3) is 5.43. The van der Waals surface area contributed by atoms with Gasteiger partial charge in [0.15, 0.2) is 0 Å². The second kappa shape index (κ2) is 7.83. The molecule has 4 nitrogen and oxygen atoms in total. The summed E-state index contributed by atoms with van der Waals surface area (Å²) in [6.45, 7) is 7.71. The summed E-state index contributed by atoms with van der Waals surface area (Å²) in [5, 5.41) is 5.87. The van der Waals surface area contributed by atoms with Gasteiger partial charge in [0, 0.05) is 21.1 Å². The first-order chi connectivity index (χ1) is 11.7. The van der Waals surface area contributed by atoms with Crippen molar-refractivity contribution >= 4 is 27.7 Å². The molecule has 0 aliphatic heterocycles. The lowest BCUT2D eigenvalue weighted by atomic mass is 10.1. The minimum atomic E-state index is -0.300. The van der Waals surface area contributed by atoms with Crippen LogP contribution in [0.2, 0.25) is 0 Å². The number of carbonyl (C=O) groups excluding carboxylic acids is 2. The van der Waals surface area contributed by atoms with E-state index in [1.165, 1.54) is 0 Å². The van der Waals surface area contributed by atoms with Gasteiger partial charge in [-0.15, -0.1) is 0 Å². The summed E-state index contributed by atoms with van der Waals surface area (Å²) in [5.74, 6) is -0.327. The topological polar surface area (TPSA) is 58.2 Å². The van der Waals surface area contributed by atoms with Gasteiger partial charge in [0.25, 0.3) is 11.8 Å². The number of benzene rings is 2. The van der Waals surface area contributed by atoms with Crippen molar-refractivity contribution in [1.82, 2.24) is 10.6 Å². The second-order valence-electron chi connectivity index (χ2n) is 7.00. The Kier molecular flexibility index (Phi) is 6.01. The predicted octanol–water partition coefficient (Wildman–Crippen LogP) is 4.47. The Morgan fingerprint density at radius 1 is 0.920 bits per heavy atom. The van der Waals surface area contributed by atoms with Crippen LogP contribution in [0.3, 0.4) is 0 Å². The maximum atomic E-state index is 12.4. The fourth-order valence-corrected chi connectivity index (χ4v) is 3.00. The van der Waals surface area contributed by atoms with Crippen molar-refractivity contribution in [3.8, 4) is 0 Å². The first-order valence-corrected chi connectivity index (χ1v) is 8.94. The highest BCUT2D eigenvalue weighted by atomic mass is 79.9. The molecule has 132 valence electrons. The third-order valence-corrected chi connectivity index (χ3v) is 4.34. The van der Waals surface area contributed by atoms with Crippen molar-refractivity contribution in [2.75, 3.05) is 0 Å². The Hall–Kier alpha value is -2.14. The summed E-state index contributed by atoms with van der Waals surface area (Å²) >= 11 is 3.50. The molecule has 0 radical (unpaired) electrons. The molecule has 2 rings (SSSR count). The number of carbonyl (C=O) groups is 2. The van der Waals surface area contributed by atoms with E-state index in [4.69, 9.17) is 0 Å². The summed E-state index contributed by atoms with van der Waals surface area (Å²) in [6, 6.07) is 14.3. The second-order valence-corrected chi connectivity index (χ2v) is 7.85. The van der Waals surface area contributed by atoms with Crippen LogP contribution in [0.4, 0.5) is 0 Å². The normalized spacial score (nSPS) is 12.4. The minimum absolute atomic E-state index is 0.132. The van der Waals surface area contributed by atoms with Crippen LogP contribution >= 0.6 is 15.9 Å². The zero-order valence-corrected chi connectivity index (χ0v) is 16.5. The number of hydrogen-bond acceptors (Lipinski definition) is 2. The van der Waals surface area contributed by atoms with Gasteiger partial charge in [-0.2, -0.15) is 0 Å². The van der Waals surface area contributed by atoms with E-state index in [0.29, 0.717) is 11.1 Å². The standard InChI is InChI=1S/C20H23BrN2O2/c1-13(16-7-5-6-8-17(16)21)22-18(24)14-9-11-15(12-10-14)19(25)23-20(2,3)4/h5-13H,1-4H3,(H,22,24)(H,23,25). The molecule has 0 fully saturated rings. The van der Waals surface area contributed by atoms with Crippen LogP contribution in [0.25, 0.3) is 0 Å². The predicted molar refractivity (Wildman–Crippen MR) is 104 cm³/mol. The first-order valence-electron chi connectivity index (χ1n) is 8.15. The molecule has 0 heterocycles. The number of rotatable bonds is 4. The molecular weight excluding hydrogens is 380 g/mol. The van der Waals surface area contributed by atoms with Crippen molar-refractivity contribution in [3.05, 3.63) is 69.7 Å². The van der Waals surface area contributed by atoms with Crippen LogP contribution in [0.1, 0.15) is 60.0 Å². The fraction of sp³-hybridized carbons (Fsp3) is 0.300. The molecule has 1 atom stereocenters. The molecule has 2 aromatic carbocycles. The molecule has 0 saturated carbocycles. The number of nitrogens with one attached hydrogen (secondary N) is 2. The van der Waals surface area contributed by atoms with Crippen LogP contribution in [0.5, 0.6) is 0 Å². The van der Waals surface area contributed by atoms with Crippen molar-refractivity contribution in [2.45, 2.75) is 39.3 Å². The van der Waals surface area contributed by atoms with Gasteiger partial charge in [0.2, 0.25) is 0 Å². The van der Waals surface area contributed by atoms with Crippen LogP contribution < -0.4 is 10.6 Å². The zero-order valence-electron chi connectivity index (χ0n) is 14.9. The quantitative estimate of drug-likeness (QED) is 0.792. The van der Waals surface area contributed by atoms with Gasteiger partial charge in [-0.3, -0.25) is 9.59 Å². The molecule has 1 unspecified atom stereocenters. The van der Waals surface area contributed by atoms with E-state index in [1.807, 2.05) is 52.0 Å². The lowest BCUT2D eigenvalue weighted by molar-refractivity contribution is 0.0913. The highest BCUT2D eigenvalue weighted by Gasteiger charge is 2.17. The zero-order chi connectivity index (χ0) is 18.6. The minimum Gasteiger partial charge on any atom is -0.347 e. The Morgan fingerprint density at radius 3 is 1.96 bits per heavy atom. The lowest BCUT2D eigenvalue weighted by Gasteiger charge is -2.20. The molecule has 25 heavy (non-hydrogen) atoms. The summed E-state index contributed by atoms with van der Waals surface area (Å²) in [4.78, 5) is 24.5. The van der Waals surface area contributed by atoms with Gasteiger partial charge in [-0.1, -0.05) is 34.1 Å². The summed E-state index contributed by atoms with van der Waals surface area (Å²) in [7, 11) is 0. The van der Waals surface area contributed by atoms with Gasteiger partial charge < -0.3 is 10.6 Å². The Bertz CT molecular complexity index is 764. The van der Waals surface area contributed by atoms with Crippen molar-refractivity contribution < 1.29 is 9.59 Å². The molecule has 0 aromatic heterocycles. The summed E-state index contributed by atoms with van der Waals surface area (Å²) < 4.78 is 0.956. The SMILES string of the molecule is CC(NC(=O)c1ccc(C(=O)NC(C)(C)C)cc1)c1ccccc1Br. The number of halogens is 1. The third-order valence-electron chi connectivity index (χ3n) is 3.62. The van der Waals surface area contributed by atoms with Gasteiger partial charge >= 0.3 is 0 Å². The van der Waals surface area contributed by atoms with Crippen LogP contribution in [0.15, 0.2) is 53.0 Å². The van der Waals surface area contributed by atoms with Gasteiger partial charge in [0.1, 0.15) is 0 Å². The fourth-order valence-electron chi connectivity index (χ4n) is 2.37. The molecule has 0 saturated heterocycles. The van der Waals surface area contributed by atoms with Gasteiger partial charge in [-0.25, -0.2) is 0 Å². The number of hydrogen-bond donors (Lipinski definition) is 2. The van der Waals surface area contributed by atoms with Crippen molar-refractivity contribution in [1.29, 1.82) is 0 Å². The maximum Gasteiger partial charge on any atom is 0.251 e. The van der Waals surface area contributed by atoms with Crippen LogP contribution in [-0.4, -0.2) is 17.4 Å². The number of amides is 2. The lowest BCUT2D eigenvalue weighted by Crippen LogP contribution is -2.40. The molecule has 2 amide bonds. The average Bonchev–Trinajstić information content (AvgIpc) is 2.53. The van der Waals surface area contributed by atoms with E-state index in [-0.39, 0.29) is 23.4 Å². The molecule has 5 heteroatoms. The van der Waals surface area contributed by atoms with E-state index >= 15 is 0 Å². The average molecular weight is 403 g/mol. The van der Waals surface area contributed by atoms with Gasteiger partial charge in [0.05, 0.1) is 6.04 Å². The molecule has 0 bridgehead atoms. The molecule has 0 aliphatic rings. The maximum absolute atomic E-state index is 12.4. The highest BCUT2D eigenvalue weighted by molar-refractivity contribution is 9.10. The van der Waals surface area contributed by atoms with E-state index in [9.17, 15) is 9.59 Å². The Balaban J connectivity index is 2.05. The Labute approximate surface area is 157 Å². The molecular formula is C20H23BrN2O2. The Morgan fingerprint density at radius 2 is 1.44 bits per heavy atom. The molecule has 2 aromatic rings. The highest BCUT2D eigenvalue weighted by Crippen LogP contribution is 2.23. The summed E-state index contributed by atoms with van der Waals surface area (Å²) in [6.07, 6.45) is 0. The summed E-state index contributed by atoms with van der Waals surface area (Å²) in [5.41, 5.74) is 1.76.